The van der Waals surface area contributed by atoms with Crippen LogP contribution in [0.2, 0.25) is 5.02 Å². The van der Waals surface area contributed by atoms with Crippen LogP contribution in [0.4, 0.5) is 11.6 Å². The average Bonchev–Trinajstić information content (AvgIpc) is 3.18. The van der Waals surface area contributed by atoms with Crippen LogP contribution in [0, 0.1) is 0 Å². The quantitative estimate of drug-likeness (QED) is 0.385. The Morgan fingerprint density at radius 1 is 1.13 bits per heavy atom. The summed E-state index contributed by atoms with van der Waals surface area (Å²) in [5.74, 6) is 2.78. The molecule has 1 aromatic carbocycles. The number of nitrogens with one attached hydrogen (secondary N) is 1. The fraction of sp³-hybridized carbons (Fsp3) is 0.238. The lowest BCUT2D eigenvalue weighted by molar-refractivity contribution is -0.652. The Hall–Kier alpha value is -3.43. The third kappa shape index (κ3) is 5.19. The normalized spacial score (nSPS) is 10.9. The van der Waals surface area contributed by atoms with E-state index in [1.807, 2.05) is 37.5 Å². The van der Waals surface area contributed by atoms with Crippen LogP contribution in [0.15, 0.2) is 49.1 Å². The molecular weight excluding hydrogens is 418 g/mol. The van der Waals surface area contributed by atoms with Crippen molar-refractivity contribution in [3.8, 4) is 17.4 Å². The fourth-order valence-corrected chi connectivity index (χ4v) is 3.13. The number of halogens is 1. The highest BCUT2D eigenvalue weighted by Crippen LogP contribution is 2.32. The molecule has 160 valence electrons. The summed E-state index contributed by atoms with van der Waals surface area (Å²) in [4.78, 5) is 13.0. The highest BCUT2D eigenvalue weighted by Gasteiger charge is 2.11. The van der Waals surface area contributed by atoms with E-state index in [9.17, 15) is 0 Å². The molecule has 0 aliphatic heterocycles. The van der Waals surface area contributed by atoms with E-state index in [4.69, 9.17) is 21.1 Å². The van der Waals surface area contributed by atoms with Gasteiger partial charge in [0.2, 0.25) is 5.88 Å². The Balaban J connectivity index is 1.52. The zero-order valence-electron chi connectivity index (χ0n) is 17.2. The van der Waals surface area contributed by atoms with Crippen LogP contribution in [0.1, 0.15) is 6.92 Å². The van der Waals surface area contributed by atoms with Crippen molar-refractivity contribution in [1.82, 2.24) is 24.7 Å². The summed E-state index contributed by atoms with van der Waals surface area (Å²) in [6.07, 6.45) is 4.96. The van der Waals surface area contributed by atoms with Crippen molar-refractivity contribution in [2.24, 2.45) is 7.05 Å². The van der Waals surface area contributed by atoms with Gasteiger partial charge in [0.05, 0.1) is 18.3 Å². The van der Waals surface area contributed by atoms with Gasteiger partial charge in [-0.15, -0.1) is 0 Å². The molecule has 4 aromatic rings. The molecule has 0 aliphatic rings. The van der Waals surface area contributed by atoms with Gasteiger partial charge in [-0.05, 0) is 25.1 Å². The lowest BCUT2D eigenvalue weighted by atomic mass is 10.2. The van der Waals surface area contributed by atoms with E-state index in [2.05, 4.69) is 37.6 Å². The molecule has 0 amide bonds. The van der Waals surface area contributed by atoms with E-state index in [1.54, 1.807) is 16.9 Å². The maximum absolute atomic E-state index is 6.36. The minimum absolute atomic E-state index is 0.296. The molecule has 10 heteroatoms. The first-order valence-corrected chi connectivity index (χ1v) is 10.3. The average molecular weight is 441 g/mol. The Morgan fingerprint density at radius 3 is 2.81 bits per heavy atom. The number of aromatic nitrogens is 5. The largest absolute Gasteiger partial charge is 0.486 e. The second kappa shape index (κ2) is 9.59. The third-order valence-electron chi connectivity index (χ3n) is 4.44. The number of pyridine rings is 1. The van der Waals surface area contributed by atoms with Gasteiger partial charge in [-0.1, -0.05) is 11.6 Å². The van der Waals surface area contributed by atoms with E-state index in [0.717, 1.165) is 24.0 Å². The lowest BCUT2D eigenvalue weighted by Gasteiger charge is -2.11. The fourth-order valence-electron chi connectivity index (χ4n) is 2.94. The molecule has 0 spiro atoms. The number of anilines is 2. The molecule has 3 N–H and O–H groups in total. The first-order valence-electron chi connectivity index (χ1n) is 9.91. The first-order chi connectivity index (χ1) is 15.1. The molecule has 4 rings (SSSR count). The molecule has 0 unspecified atom stereocenters. The summed E-state index contributed by atoms with van der Waals surface area (Å²) in [5.41, 5.74) is 0.771. The van der Waals surface area contributed by atoms with Gasteiger partial charge in [-0.25, -0.2) is 15.0 Å². The standard InChI is InChI=1S/C21H22ClN7O2/c1-3-23-7-9-30-15-11-17(22)21(24-12-15)31-14-4-5-18-16(10-14)20(26-13-25-18)27-19-6-8-29(2)28-19/h4-6,8,10-13,23H,3,7,9H2,1-2H3,(H,25,26,27,28)/p+1. The number of nitrogens with two attached hydrogens (primary N) is 1. The SMILES string of the molecule is CC[NH2+]CCOc1cnc(Oc2ccc3ncnc(Nc4ccn(C)n4)c3c2)c(Cl)c1. The number of nitrogens with zero attached hydrogens (tertiary/aromatic N) is 5. The number of ether oxygens (including phenoxy) is 2. The molecule has 0 saturated heterocycles. The first kappa shape index (κ1) is 20.8. The van der Waals surface area contributed by atoms with E-state index >= 15 is 0 Å². The molecule has 31 heavy (non-hydrogen) atoms. The van der Waals surface area contributed by atoms with Gasteiger partial charge in [0.1, 0.15) is 41.8 Å². The van der Waals surface area contributed by atoms with Gasteiger partial charge in [0, 0.05) is 30.8 Å². The Bertz CT molecular complexity index is 1180. The highest BCUT2D eigenvalue weighted by molar-refractivity contribution is 6.32. The summed E-state index contributed by atoms with van der Waals surface area (Å²) in [6, 6.07) is 9.06. The Kier molecular flexibility index (Phi) is 6.44. The number of benzene rings is 1. The zero-order valence-corrected chi connectivity index (χ0v) is 18.0. The second-order valence-corrected chi connectivity index (χ2v) is 7.20. The molecule has 3 aromatic heterocycles. The minimum Gasteiger partial charge on any atom is -0.486 e. The van der Waals surface area contributed by atoms with E-state index in [1.165, 1.54) is 6.33 Å². The van der Waals surface area contributed by atoms with Crippen LogP contribution in [-0.2, 0) is 7.05 Å². The molecule has 0 saturated carbocycles. The molecule has 0 atom stereocenters. The van der Waals surface area contributed by atoms with Crippen molar-refractivity contribution in [3.63, 3.8) is 0 Å². The van der Waals surface area contributed by atoms with Gasteiger partial charge in [0.25, 0.3) is 0 Å². The molecule has 0 aliphatic carbocycles. The highest BCUT2D eigenvalue weighted by atomic mass is 35.5. The number of rotatable bonds is 9. The van der Waals surface area contributed by atoms with Crippen molar-refractivity contribution in [2.75, 3.05) is 25.0 Å². The summed E-state index contributed by atoms with van der Waals surface area (Å²) >= 11 is 6.36. The number of hydrogen-bond acceptors (Lipinski definition) is 7. The van der Waals surface area contributed by atoms with Gasteiger partial charge < -0.3 is 20.1 Å². The predicted molar refractivity (Wildman–Crippen MR) is 118 cm³/mol. The van der Waals surface area contributed by atoms with Crippen LogP contribution >= 0.6 is 11.6 Å². The summed E-state index contributed by atoms with van der Waals surface area (Å²) in [5, 5.41) is 10.8. The minimum atomic E-state index is 0.296. The number of quaternary nitrogens is 1. The molecule has 0 bridgehead atoms. The van der Waals surface area contributed by atoms with Crippen LogP contribution in [-0.4, -0.2) is 44.4 Å². The van der Waals surface area contributed by atoms with Crippen molar-refractivity contribution in [1.29, 1.82) is 0 Å². The van der Waals surface area contributed by atoms with E-state index in [0.29, 0.717) is 40.6 Å². The van der Waals surface area contributed by atoms with Crippen molar-refractivity contribution in [3.05, 3.63) is 54.1 Å². The van der Waals surface area contributed by atoms with Crippen LogP contribution in [0.25, 0.3) is 10.9 Å². The third-order valence-corrected chi connectivity index (χ3v) is 4.71. The van der Waals surface area contributed by atoms with Crippen molar-refractivity contribution in [2.45, 2.75) is 6.92 Å². The van der Waals surface area contributed by atoms with E-state index < -0.39 is 0 Å². The van der Waals surface area contributed by atoms with Crippen molar-refractivity contribution >= 4 is 34.1 Å². The summed E-state index contributed by atoms with van der Waals surface area (Å²) in [6.45, 7) is 4.58. The monoisotopic (exact) mass is 440 g/mol. The zero-order chi connectivity index (χ0) is 21.6. The number of likely N-dealkylation sites (N-methyl/N-ethyl adjacent to an activating group) is 1. The van der Waals surface area contributed by atoms with Gasteiger partial charge in [-0.2, -0.15) is 5.10 Å². The molecule has 0 fully saturated rings. The lowest BCUT2D eigenvalue weighted by Crippen LogP contribution is -2.84. The summed E-state index contributed by atoms with van der Waals surface area (Å²) < 4.78 is 13.3. The van der Waals surface area contributed by atoms with Gasteiger partial charge >= 0.3 is 0 Å². The Labute approximate surface area is 184 Å². The maximum atomic E-state index is 6.36. The maximum Gasteiger partial charge on any atom is 0.238 e. The van der Waals surface area contributed by atoms with Gasteiger partial charge in [0.15, 0.2) is 5.82 Å². The number of aryl methyl sites for hydroxylation is 1. The van der Waals surface area contributed by atoms with Gasteiger partial charge in [-0.3, -0.25) is 4.68 Å². The molecule has 3 heterocycles. The topological polar surface area (TPSA) is 104 Å². The molecule has 9 nitrogen and oxygen atoms in total. The molecule has 0 radical (unpaired) electrons. The second-order valence-electron chi connectivity index (χ2n) is 6.79. The van der Waals surface area contributed by atoms with Crippen LogP contribution < -0.4 is 20.1 Å². The van der Waals surface area contributed by atoms with Crippen molar-refractivity contribution < 1.29 is 14.8 Å². The van der Waals surface area contributed by atoms with E-state index in [-0.39, 0.29) is 0 Å². The number of fused-ring (bicyclic) bond motifs is 1. The van der Waals surface area contributed by atoms with Crippen LogP contribution in [0.5, 0.6) is 17.4 Å². The molecular formula is C21H23ClN7O2+. The summed E-state index contributed by atoms with van der Waals surface area (Å²) in [7, 11) is 1.85. The predicted octanol–water partition coefficient (Wildman–Crippen LogP) is 2.91. The van der Waals surface area contributed by atoms with Crippen LogP contribution in [0.3, 0.4) is 0 Å². The number of hydrogen-bond donors (Lipinski definition) is 2. The smallest absolute Gasteiger partial charge is 0.238 e. The Morgan fingerprint density at radius 2 is 2.03 bits per heavy atom.